The zero-order valence-corrected chi connectivity index (χ0v) is 12.1. The van der Waals surface area contributed by atoms with Crippen LogP contribution in [-0.2, 0) is 0 Å². The maximum Gasteiger partial charge on any atom is 0.251 e. The van der Waals surface area contributed by atoms with E-state index >= 15 is 0 Å². The molecule has 0 spiro atoms. The fourth-order valence-corrected chi connectivity index (χ4v) is 2.86. The Morgan fingerprint density at radius 3 is 2.90 bits per heavy atom. The Balaban J connectivity index is 1.85. The molecule has 1 fully saturated rings. The summed E-state index contributed by atoms with van der Waals surface area (Å²) in [5.41, 5.74) is 1.56. The van der Waals surface area contributed by atoms with Crippen LogP contribution in [0.1, 0.15) is 24.5 Å². The molecule has 1 aromatic carbocycles. The lowest BCUT2D eigenvalue weighted by atomic mass is 10.1. The number of hydrogen-bond donors (Lipinski definition) is 1. The largest absolute Gasteiger partial charge is 0.454 e. The lowest BCUT2D eigenvalue weighted by molar-refractivity contribution is 0.173. The van der Waals surface area contributed by atoms with E-state index in [2.05, 4.69) is 25.9 Å². The van der Waals surface area contributed by atoms with Gasteiger partial charge in [-0.25, -0.2) is 4.98 Å². The second kappa shape index (κ2) is 4.34. The van der Waals surface area contributed by atoms with Crippen molar-refractivity contribution in [1.29, 1.82) is 0 Å². The molecule has 1 aromatic heterocycles. The highest BCUT2D eigenvalue weighted by Gasteiger charge is 2.26. The third-order valence-corrected chi connectivity index (χ3v) is 4.05. The second-order valence-corrected chi connectivity index (χ2v) is 5.84. The van der Waals surface area contributed by atoms with Crippen molar-refractivity contribution >= 4 is 15.9 Å². The van der Waals surface area contributed by atoms with Gasteiger partial charge in [0, 0.05) is 17.5 Å². The molecule has 0 radical (unpaired) electrons. The zero-order chi connectivity index (χ0) is 13.7. The Hall–Kier alpha value is -1.82. The molecular weight excluding hydrogens is 324 g/mol. The van der Waals surface area contributed by atoms with Gasteiger partial charge in [-0.3, -0.25) is 4.79 Å². The minimum Gasteiger partial charge on any atom is -0.454 e. The molecule has 1 saturated carbocycles. The van der Waals surface area contributed by atoms with Crippen molar-refractivity contribution in [3.8, 4) is 22.9 Å². The number of nitrogens with one attached hydrogen (secondary N) is 1. The Morgan fingerprint density at radius 2 is 2.10 bits per heavy atom. The summed E-state index contributed by atoms with van der Waals surface area (Å²) in [6.07, 6.45) is 2.22. The van der Waals surface area contributed by atoms with Crippen LogP contribution in [0.25, 0.3) is 11.4 Å². The molecule has 102 valence electrons. The summed E-state index contributed by atoms with van der Waals surface area (Å²) in [6.45, 7) is 0.212. The van der Waals surface area contributed by atoms with E-state index in [1.54, 1.807) is 6.07 Å². The molecule has 0 saturated heterocycles. The first kappa shape index (κ1) is 12.0. The maximum absolute atomic E-state index is 11.8. The Kier molecular flexibility index (Phi) is 2.60. The molecule has 2 heterocycles. The number of benzene rings is 1. The molecule has 1 N–H and O–H groups in total. The molecule has 5 nitrogen and oxygen atoms in total. The predicted octanol–water partition coefficient (Wildman–Crippen LogP) is 2.81. The molecule has 1 aliphatic carbocycles. The Labute approximate surface area is 123 Å². The molecule has 0 bridgehead atoms. The fraction of sp³-hybridized carbons (Fsp3) is 0.286. The molecule has 0 unspecified atom stereocenters. The van der Waals surface area contributed by atoms with Gasteiger partial charge in [0.15, 0.2) is 11.5 Å². The monoisotopic (exact) mass is 334 g/mol. The number of ether oxygens (including phenoxy) is 2. The Bertz CT molecular complexity index is 753. The van der Waals surface area contributed by atoms with E-state index in [4.69, 9.17) is 9.47 Å². The van der Waals surface area contributed by atoms with E-state index in [9.17, 15) is 4.79 Å². The van der Waals surface area contributed by atoms with Crippen molar-refractivity contribution in [1.82, 2.24) is 9.97 Å². The van der Waals surface area contributed by atoms with E-state index in [0.717, 1.165) is 28.6 Å². The van der Waals surface area contributed by atoms with Crippen molar-refractivity contribution in [2.45, 2.75) is 18.8 Å². The molecule has 4 rings (SSSR count). The smallest absolute Gasteiger partial charge is 0.251 e. The number of aromatic nitrogens is 2. The number of fused-ring (bicyclic) bond motifs is 1. The topological polar surface area (TPSA) is 64.2 Å². The predicted molar refractivity (Wildman–Crippen MR) is 76.1 cm³/mol. The van der Waals surface area contributed by atoms with Gasteiger partial charge in [0.25, 0.3) is 5.56 Å². The fourth-order valence-electron chi connectivity index (χ4n) is 2.31. The first-order valence-electron chi connectivity index (χ1n) is 6.41. The highest BCUT2D eigenvalue weighted by atomic mass is 79.9. The van der Waals surface area contributed by atoms with Gasteiger partial charge in [-0.2, -0.15) is 0 Å². The van der Waals surface area contributed by atoms with Crippen LogP contribution in [0.15, 0.2) is 27.5 Å². The third-order valence-electron chi connectivity index (χ3n) is 3.46. The summed E-state index contributed by atoms with van der Waals surface area (Å²) in [5, 5.41) is 0. The van der Waals surface area contributed by atoms with Gasteiger partial charge in [0.1, 0.15) is 5.82 Å². The first-order chi connectivity index (χ1) is 9.70. The standard InChI is InChI=1S/C14H11BrN2O3/c15-9-3-8(4-11-13(9)20-6-19-11)14-16-10(7-1-2-7)5-12(18)17-14/h3-5,7H,1-2,6H2,(H,16,17,18). The molecule has 2 aromatic rings. The molecule has 0 atom stereocenters. The number of aromatic amines is 1. The van der Waals surface area contributed by atoms with Crippen LogP contribution in [0.3, 0.4) is 0 Å². The SMILES string of the molecule is O=c1cc(C2CC2)nc(-c2cc(Br)c3c(c2)OCO3)[nH]1. The van der Waals surface area contributed by atoms with Gasteiger partial charge < -0.3 is 14.5 Å². The lowest BCUT2D eigenvalue weighted by Gasteiger charge is -2.06. The quantitative estimate of drug-likeness (QED) is 0.917. The van der Waals surface area contributed by atoms with E-state index in [0.29, 0.717) is 23.2 Å². The van der Waals surface area contributed by atoms with Crippen LogP contribution in [-0.4, -0.2) is 16.8 Å². The zero-order valence-electron chi connectivity index (χ0n) is 10.5. The number of hydrogen-bond acceptors (Lipinski definition) is 4. The minimum atomic E-state index is -0.120. The van der Waals surface area contributed by atoms with Crippen LogP contribution < -0.4 is 15.0 Å². The highest BCUT2D eigenvalue weighted by Crippen LogP contribution is 2.42. The number of rotatable bonds is 2. The molecule has 0 amide bonds. The average molecular weight is 335 g/mol. The van der Waals surface area contributed by atoms with Crippen molar-refractivity contribution < 1.29 is 9.47 Å². The Morgan fingerprint density at radius 1 is 1.25 bits per heavy atom. The third kappa shape index (κ3) is 2.00. The van der Waals surface area contributed by atoms with Crippen molar-refractivity contribution in [3.05, 3.63) is 38.7 Å². The van der Waals surface area contributed by atoms with Crippen LogP contribution >= 0.6 is 15.9 Å². The van der Waals surface area contributed by atoms with E-state index in [1.165, 1.54) is 0 Å². The maximum atomic E-state index is 11.8. The van der Waals surface area contributed by atoms with Gasteiger partial charge >= 0.3 is 0 Å². The van der Waals surface area contributed by atoms with Crippen molar-refractivity contribution in [3.63, 3.8) is 0 Å². The summed E-state index contributed by atoms with van der Waals surface area (Å²) in [5.74, 6) is 2.36. The van der Waals surface area contributed by atoms with Crippen LogP contribution in [0.4, 0.5) is 0 Å². The number of H-pyrrole nitrogens is 1. The number of halogens is 1. The van der Waals surface area contributed by atoms with Gasteiger partial charge in [0.2, 0.25) is 6.79 Å². The molecule has 6 heteroatoms. The van der Waals surface area contributed by atoms with E-state index < -0.39 is 0 Å². The van der Waals surface area contributed by atoms with Gasteiger partial charge in [-0.05, 0) is 40.9 Å². The molecule has 1 aliphatic heterocycles. The molecule has 20 heavy (non-hydrogen) atoms. The van der Waals surface area contributed by atoms with Crippen LogP contribution in [0.5, 0.6) is 11.5 Å². The average Bonchev–Trinajstić information content (AvgIpc) is 3.16. The van der Waals surface area contributed by atoms with E-state index in [1.807, 2.05) is 12.1 Å². The van der Waals surface area contributed by atoms with Gasteiger partial charge in [0.05, 0.1) is 10.2 Å². The lowest BCUT2D eigenvalue weighted by Crippen LogP contribution is -2.09. The van der Waals surface area contributed by atoms with Gasteiger partial charge in [-0.1, -0.05) is 0 Å². The summed E-state index contributed by atoms with van der Waals surface area (Å²) < 4.78 is 11.5. The summed E-state index contributed by atoms with van der Waals surface area (Å²) in [6, 6.07) is 5.30. The van der Waals surface area contributed by atoms with Crippen molar-refractivity contribution in [2.75, 3.05) is 6.79 Å². The summed E-state index contributed by atoms with van der Waals surface area (Å²) >= 11 is 3.45. The highest BCUT2D eigenvalue weighted by molar-refractivity contribution is 9.10. The normalized spacial score (nSPS) is 16.4. The van der Waals surface area contributed by atoms with Crippen LogP contribution in [0, 0.1) is 0 Å². The summed E-state index contributed by atoms with van der Waals surface area (Å²) in [7, 11) is 0. The van der Waals surface area contributed by atoms with Gasteiger partial charge in [-0.15, -0.1) is 0 Å². The first-order valence-corrected chi connectivity index (χ1v) is 7.21. The van der Waals surface area contributed by atoms with Crippen molar-refractivity contribution in [2.24, 2.45) is 0 Å². The van der Waals surface area contributed by atoms with E-state index in [-0.39, 0.29) is 12.4 Å². The molecular formula is C14H11BrN2O3. The number of nitrogens with zero attached hydrogens (tertiary/aromatic N) is 1. The second-order valence-electron chi connectivity index (χ2n) is 4.98. The minimum absolute atomic E-state index is 0.120. The summed E-state index contributed by atoms with van der Waals surface area (Å²) in [4.78, 5) is 19.1. The molecule has 2 aliphatic rings. The van der Waals surface area contributed by atoms with Crippen LogP contribution in [0.2, 0.25) is 0 Å².